The average molecular weight is 365 g/mol. The van der Waals surface area contributed by atoms with Crippen molar-refractivity contribution in [3.8, 4) is 0 Å². The summed E-state index contributed by atoms with van der Waals surface area (Å²) >= 11 is 0. The topological polar surface area (TPSA) is 71.5 Å². The van der Waals surface area contributed by atoms with Crippen molar-refractivity contribution in [2.45, 2.75) is 24.3 Å². The Morgan fingerprint density at radius 2 is 1.75 bits per heavy atom. The fourth-order valence-electron chi connectivity index (χ4n) is 2.98. The van der Waals surface area contributed by atoms with E-state index in [0.29, 0.717) is 12.1 Å². The minimum Gasteiger partial charge on any atom is -0.262 e. The van der Waals surface area contributed by atoms with Gasteiger partial charge >= 0.3 is 0 Å². The van der Waals surface area contributed by atoms with Crippen LogP contribution in [0.3, 0.4) is 0 Å². The van der Waals surface area contributed by atoms with Crippen LogP contribution in [0.2, 0.25) is 0 Å². The third-order valence-corrected chi connectivity index (χ3v) is 7.74. The zero-order valence-electron chi connectivity index (χ0n) is 13.3. The first kappa shape index (κ1) is 17.0. The average Bonchev–Trinajstić information content (AvgIpc) is 2.88. The molecule has 2 aromatic rings. The molecule has 0 saturated carbocycles. The van der Waals surface area contributed by atoms with Gasteiger partial charge < -0.3 is 0 Å². The van der Waals surface area contributed by atoms with Crippen LogP contribution < -0.4 is 4.31 Å². The molecule has 1 heterocycles. The highest BCUT2D eigenvalue weighted by Gasteiger charge is 2.39. The number of aryl methyl sites for hydroxylation is 1. The van der Waals surface area contributed by atoms with Crippen molar-refractivity contribution in [3.63, 3.8) is 0 Å². The number of benzene rings is 2. The van der Waals surface area contributed by atoms with Gasteiger partial charge in [0.1, 0.15) is 0 Å². The standard InChI is InChI=1S/C17H19NO4S2/c1-14-6-5-7-15(12-14)18(16-10-11-23(19,20)13-16)24(21,22)17-8-3-2-4-9-17/h2-9,12,16H,10-11,13H2,1H3. The van der Waals surface area contributed by atoms with Crippen molar-refractivity contribution in [2.24, 2.45) is 0 Å². The maximum absolute atomic E-state index is 13.2. The van der Waals surface area contributed by atoms with E-state index in [1.165, 1.54) is 16.4 Å². The fraction of sp³-hybridized carbons (Fsp3) is 0.294. The van der Waals surface area contributed by atoms with Crippen molar-refractivity contribution in [1.82, 2.24) is 0 Å². The van der Waals surface area contributed by atoms with Gasteiger partial charge in [-0.15, -0.1) is 0 Å². The quantitative estimate of drug-likeness (QED) is 0.834. The maximum atomic E-state index is 13.2. The first-order valence-corrected chi connectivity index (χ1v) is 10.9. The molecule has 0 bridgehead atoms. The van der Waals surface area contributed by atoms with Crippen molar-refractivity contribution >= 4 is 25.5 Å². The van der Waals surface area contributed by atoms with Crippen LogP contribution in [0.4, 0.5) is 5.69 Å². The summed E-state index contributed by atoms with van der Waals surface area (Å²) in [4.78, 5) is 0.163. The van der Waals surface area contributed by atoms with E-state index < -0.39 is 25.9 Å². The predicted octanol–water partition coefficient (Wildman–Crippen LogP) is 2.38. The largest absolute Gasteiger partial charge is 0.264 e. The highest BCUT2D eigenvalue weighted by Crippen LogP contribution is 2.31. The number of hydrogen-bond acceptors (Lipinski definition) is 4. The lowest BCUT2D eigenvalue weighted by molar-refractivity contribution is 0.580. The van der Waals surface area contributed by atoms with E-state index in [4.69, 9.17) is 0 Å². The van der Waals surface area contributed by atoms with Gasteiger partial charge in [-0.1, -0.05) is 30.3 Å². The number of hydrogen-bond donors (Lipinski definition) is 0. The van der Waals surface area contributed by atoms with Crippen molar-refractivity contribution < 1.29 is 16.8 Å². The second-order valence-electron chi connectivity index (χ2n) is 6.01. The first-order chi connectivity index (χ1) is 11.3. The molecule has 24 heavy (non-hydrogen) atoms. The summed E-state index contributed by atoms with van der Waals surface area (Å²) in [5.74, 6) is -0.128. The molecule has 1 saturated heterocycles. The molecule has 1 fully saturated rings. The molecule has 1 unspecified atom stereocenters. The van der Waals surface area contributed by atoms with Crippen LogP contribution in [0, 0.1) is 6.92 Å². The molecule has 128 valence electrons. The third-order valence-electron chi connectivity index (χ3n) is 4.10. The Kier molecular flexibility index (Phi) is 4.40. The van der Waals surface area contributed by atoms with E-state index in [1.54, 1.807) is 36.4 Å². The van der Waals surface area contributed by atoms with E-state index in [1.807, 2.05) is 13.0 Å². The molecule has 0 N–H and O–H groups in total. The summed E-state index contributed by atoms with van der Waals surface area (Å²) in [5.41, 5.74) is 1.42. The van der Waals surface area contributed by atoms with Gasteiger partial charge in [0.05, 0.1) is 28.1 Å². The Morgan fingerprint density at radius 1 is 1.04 bits per heavy atom. The molecular formula is C17H19NO4S2. The number of nitrogens with zero attached hydrogens (tertiary/aromatic N) is 1. The van der Waals surface area contributed by atoms with E-state index in [-0.39, 0.29) is 16.4 Å². The van der Waals surface area contributed by atoms with Crippen LogP contribution in [0.25, 0.3) is 0 Å². The van der Waals surface area contributed by atoms with Gasteiger partial charge in [0.25, 0.3) is 10.0 Å². The van der Waals surface area contributed by atoms with Gasteiger partial charge in [-0.25, -0.2) is 16.8 Å². The van der Waals surface area contributed by atoms with Gasteiger partial charge in [0.15, 0.2) is 9.84 Å². The van der Waals surface area contributed by atoms with E-state index in [0.717, 1.165) is 5.56 Å². The van der Waals surface area contributed by atoms with Crippen LogP contribution in [-0.4, -0.2) is 34.4 Å². The van der Waals surface area contributed by atoms with Gasteiger partial charge in [-0.2, -0.15) is 0 Å². The molecule has 2 aromatic carbocycles. The summed E-state index contributed by atoms with van der Waals surface area (Å²) in [6.07, 6.45) is 0.308. The summed E-state index contributed by atoms with van der Waals surface area (Å²) in [6, 6.07) is 14.7. The monoisotopic (exact) mass is 365 g/mol. The minimum absolute atomic E-state index is 0.0181. The molecule has 1 aliphatic heterocycles. The number of anilines is 1. The molecule has 0 aromatic heterocycles. The molecule has 0 amide bonds. The smallest absolute Gasteiger partial charge is 0.262 e. The maximum Gasteiger partial charge on any atom is 0.264 e. The van der Waals surface area contributed by atoms with Gasteiger partial charge in [-0.3, -0.25) is 4.31 Å². The van der Waals surface area contributed by atoms with Crippen LogP contribution in [0.1, 0.15) is 12.0 Å². The molecule has 1 atom stereocenters. The van der Waals surface area contributed by atoms with E-state index in [2.05, 4.69) is 0 Å². The van der Waals surface area contributed by atoms with Crippen molar-refractivity contribution in [2.75, 3.05) is 15.8 Å². The number of rotatable bonds is 4. The number of sulfone groups is 1. The van der Waals surface area contributed by atoms with Gasteiger partial charge in [0.2, 0.25) is 0 Å². The highest BCUT2D eigenvalue weighted by atomic mass is 32.2. The minimum atomic E-state index is -3.84. The van der Waals surface area contributed by atoms with E-state index in [9.17, 15) is 16.8 Å². The number of sulfonamides is 1. The van der Waals surface area contributed by atoms with Crippen molar-refractivity contribution in [1.29, 1.82) is 0 Å². The van der Waals surface area contributed by atoms with Crippen LogP contribution in [0.15, 0.2) is 59.5 Å². The molecule has 0 radical (unpaired) electrons. The van der Waals surface area contributed by atoms with Crippen LogP contribution >= 0.6 is 0 Å². The third kappa shape index (κ3) is 3.32. The lowest BCUT2D eigenvalue weighted by Gasteiger charge is -2.30. The Bertz CT molecular complexity index is 938. The molecule has 0 spiro atoms. The van der Waals surface area contributed by atoms with Crippen LogP contribution in [-0.2, 0) is 19.9 Å². The van der Waals surface area contributed by atoms with Gasteiger partial charge in [0, 0.05) is 0 Å². The molecular weight excluding hydrogens is 346 g/mol. The second kappa shape index (κ2) is 6.22. The lowest BCUT2D eigenvalue weighted by Crippen LogP contribution is -2.41. The zero-order chi connectivity index (χ0) is 17.4. The van der Waals surface area contributed by atoms with Crippen LogP contribution in [0.5, 0.6) is 0 Å². The second-order valence-corrected chi connectivity index (χ2v) is 10.1. The summed E-state index contributed by atoms with van der Waals surface area (Å²) in [7, 11) is -7.04. The highest BCUT2D eigenvalue weighted by molar-refractivity contribution is 7.93. The van der Waals surface area contributed by atoms with E-state index >= 15 is 0 Å². The summed E-state index contributed by atoms with van der Waals surface area (Å²) < 4.78 is 51.4. The molecule has 5 nitrogen and oxygen atoms in total. The zero-order valence-corrected chi connectivity index (χ0v) is 14.9. The molecule has 3 rings (SSSR count). The Hall–Kier alpha value is -1.86. The molecule has 1 aliphatic rings. The Balaban J connectivity index is 2.12. The van der Waals surface area contributed by atoms with Crippen molar-refractivity contribution in [3.05, 3.63) is 60.2 Å². The predicted molar refractivity (Wildman–Crippen MR) is 94.3 cm³/mol. The normalized spacial score (nSPS) is 20.0. The summed E-state index contributed by atoms with van der Waals surface area (Å²) in [5, 5.41) is 0. The molecule has 7 heteroatoms. The lowest BCUT2D eigenvalue weighted by atomic mass is 10.2. The first-order valence-electron chi connectivity index (χ1n) is 7.66. The molecule has 0 aliphatic carbocycles. The summed E-state index contributed by atoms with van der Waals surface area (Å²) in [6.45, 7) is 1.88. The SMILES string of the molecule is Cc1cccc(N(C2CCS(=O)(=O)C2)S(=O)(=O)c2ccccc2)c1. The Labute approximate surface area is 142 Å². The van der Waals surface area contributed by atoms with Gasteiger partial charge in [-0.05, 0) is 43.2 Å². The fourth-order valence-corrected chi connectivity index (χ4v) is 6.46. The Morgan fingerprint density at radius 3 is 2.33 bits per heavy atom.